The quantitative estimate of drug-likeness (QED) is 0.249. The number of guanidine groups is 1. The van der Waals surface area contributed by atoms with Gasteiger partial charge < -0.3 is 15.4 Å². The van der Waals surface area contributed by atoms with E-state index in [1.54, 1.807) is 19.7 Å². The summed E-state index contributed by atoms with van der Waals surface area (Å²) >= 11 is 0. The molecule has 0 saturated heterocycles. The van der Waals surface area contributed by atoms with Crippen molar-refractivity contribution < 1.29 is 4.74 Å². The van der Waals surface area contributed by atoms with Gasteiger partial charge in [0.15, 0.2) is 5.96 Å². The molecule has 0 radical (unpaired) electrons. The third-order valence-corrected chi connectivity index (χ3v) is 2.95. The molecular formula is C13H26IN3O. The van der Waals surface area contributed by atoms with Crippen LogP contribution in [0.25, 0.3) is 0 Å². The summed E-state index contributed by atoms with van der Waals surface area (Å²) in [4.78, 5) is 4.16. The Morgan fingerprint density at radius 1 is 1.33 bits per heavy atom. The summed E-state index contributed by atoms with van der Waals surface area (Å²) in [6.07, 6.45) is 8.77. The average Bonchev–Trinajstić information content (AvgIpc) is 2.38. The Balaban J connectivity index is 0.00000289. The highest BCUT2D eigenvalue weighted by Crippen LogP contribution is 2.19. The lowest BCUT2D eigenvalue weighted by molar-refractivity contribution is 0.203. The van der Waals surface area contributed by atoms with Crippen molar-refractivity contribution in [3.05, 3.63) is 11.6 Å². The summed E-state index contributed by atoms with van der Waals surface area (Å²) in [7, 11) is 3.50. The van der Waals surface area contributed by atoms with Crippen molar-refractivity contribution >= 4 is 29.9 Å². The molecule has 18 heavy (non-hydrogen) atoms. The maximum Gasteiger partial charge on any atom is 0.191 e. The van der Waals surface area contributed by atoms with Gasteiger partial charge in [0.05, 0.1) is 6.61 Å². The number of nitrogens with zero attached hydrogens (tertiary/aromatic N) is 1. The first-order chi connectivity index (χ1) is 8.36. The maximum atomic E-state index is 4.98. The summed E-state index contributed by atoms with van der Waals surface area (Å²) in [6.45, 7) is 2.45. The van der Waals surface area contributed by atoms with Crippen LogP contribution in [0.1, 0.15) is 32.1 Å². The van der Waals surface area contributed by atoms with Crippen LogP contribution in [0.2, 0.25) is 0 Å². The van der Waals surface area contributed by atoms with E-state index in [0.717, 1.165) is 25.5 Å². The Labute approximate surface area is 128 Å². The molecule has 0 spiro atoms. The van der Waals surface area contributed by atoms with Gasteiger partial charge in [-0.3, -0.25) is 4.99 Å². The fourth-order valence-electron chi connectivity index (χ4n) is 1.97. The van der Waals surface area contributed by atoms with Crippen molar-refractivity contribution in [2.24, 2.45) is 4.99 Å². The molecular weight excluding hydrogens is 341 g/mol. The van der Waals surface area contributed by atoms with Crippen LogP contribution in [-0.4, -0.2) is 39.8 Å². The highest BCUT2D eigenvalue weighted by atomic mass is 127. The minimum atomic E-state index is 0. The second-order valence-electron chi connectivity index (χ2n) is 4.28. The molecule has 5 heteroatoms. The molecule has 1 aliphatic carbocycles. The maximum absolute atomic E-state index is 4.98. The molecule has 0 heterocycles. The van der Waals surface area contributed by atoms with Gasteiger partial charge in [-0.25, -0.2) is 0 Å². The Kier molecular flexibility index (Phi) is 11.6. The fourth-order valence-corrected chi connectivity index (χ4v) is 1.97. The number of hydrogen-bond acceptors (Lipinski definition) is 2. The van der Waals surface area contributed by atoms with Crippen molar-refractivity contribution in [2.75, 3.05) is 33.9 Å². The van der Waals surface area contributed by atoms with Gasteiger partial charge in [0, 0.05) is 27.2 Å². The van der Waals surface area contributed by atoms with Gasteiger partial charge in [-0.15, -0.1) is 24.0 Å². The molecule has 0 unspecified atom stereocenters. The molecule has 0 amide bonds. The largest absolute Gasteiger partial charge is 0.383 e. The van der Waals surface area contributed by atoms with E-state index in [0.29, 0.717) is 6.61 Å². The van der Waals surface area contributed by atoms with Crippen molar-refractivity contribution in [1.29, 1.82) is 0 Å². The van der Waals surface area contributed by atoms with Gasteiger partial charge >= 0.3 is 0 Å². The molecule has 0 aromatic heterocycles. The molecule has 0 aromatic carbocycles. The normalized spacial score (nSPS) is 15.7. The van der Waals surface area contributed by atoms with Crippen LogP contribution >= 0.6 is 24.0 Å². The van der Waals surface area contributed by atoms with E-state index in [4.69, 9.17) is 4.74 Å². The molecule has 4 nitrogen and oxygen atoms in total. The first-order valence-corrected chi connectivity index (χ1v) is 6.48. The summed E-state index contributed by atoms with van der Waals surface area (Å²) < 4.78 is 4.98. The Hall–Kier alpha value is -0.300. The Morgan fingerprint density at radius 3 is 2.72 bits per heavy atom. The van der Waals surface area contributed by atoms with Crippen LogP contribution in [-0.2, 0) is 4.74 Å². The average molecular weight is 367 g/mol. The molecule has 1 rings (SSSR count). The number of allylic oxidation sites excluding steroid dienone is 1. The highest BCUT2D eigenvalue weighted by Gasteiger charge is 2.03. The molecule has 2 N–H and O–H groups in total. The number of aliphatic imine (C=N–C) groups is 1. The number of methoxy groups -OCH3 is 1. The molecule has 0 bridgehead atoms. The molecule has 0 fully saturated rings. The van der Waals surface area contributed by atoms with Gasteiger partial charge in [-0.2, -0.15) is 0 Å². The molecule has 0 aromatic rings. The van der Waals surface area contributed by atoms with E-state index in [1.165, 1.54) is 25.7 Å². The van der Waals surface area contributed by atoms with E-state index in [9.17, 15) is 0 Å². The van der Waals surface area contributed by atoms with Gasteiger partial charge in [-0.1, -0.05) is 11.6 Å². The topological polar surface area (TPSA) is 45.7 Å². The summed E-state index contributed by atoms with van der Waals surface area (Å²) in [6, 6.07) is 0. The van der Waals surface area contributed by atoms with E-state index in [-0.39, 0.29) is 24.0 Å². The third kappa shape index (κ3) is 7.92. The fraction of sp³-hybridized carbons (Fsp3) is 0.769. The van der Waals surface area contributed by atoms with Gasteiger partial charge in [0.2, 0.25) is 0 Å². The Bertz CT molecular complexity index is 267. The second kappa shape index (κ2) is 11.8. The molecule has 0 aliphatic heterocycles. The zero-order valence-electron chi connectivity index (χ0n) is 11.5. The molecule has 0 saturated carbocycles. The van der Waals surface area contributed by atoms with Crippen molar-refractivity contribution in [3.8, 4) is 0 Å². The van der Waals surface area contributed by atoms with Crippen LogP contribution in [0.4, 0.5) is 0 Å². The number of ether oxygens (including phenoxy) is 1. The molecule has 0 atom stereocenters. The number of rotatable bonds is 6. The summed E-state index contributed by atoms with van der Waals surface area (Å²) in [5, 5.41) is 6.52. The zero-order chi connectivity index (χ0) is 12.3. The second-order valence-corrected chi connectivity index (χ2v) is 4.28. The number of hydrogen-bond donors (Lipinski definition) is 2. The number of halogens is 1. The Morgan fingerprint density at radius 2 is 2.11 bits per heavy atom. The van der Waals surface area contributed by atoms with Crippen LogP contribution in [0.5, 0.6) is 0 Å². The van der Waals surface area contributed by atoms with E-state index >= 15 is 0 Å². The summed E-state index contributed by atoms with van der Waals surface area (Å²) in [5.41, 5.74) is 1.59. The van der Waals surface area contributed by atoms with Crippen molar-refractivity contribution in [2.45, 2.75) is 32.1 Å². The monoisotopic (exact) mass is 367 g/mol. The van der Waals surface area contributed by atoms with Crippen LogP contribution in [0, 0.1) is 0 Å². The van der Waals surface area contributed by atoms with Crippen LogP contribution in [0.15, 0.2) is 16.6 Å². The lowest BCUT2D eigenvalue weighted by atomic mass is 9.97. The van der Waals surface area contributed by atoms with Crippen LogP contribution in [0.3, 0.4) is 0 Å². The zero-order valence-corrected chi connectivity index (χ0v) is 13.8. The van der Waals surface area contributed by atoms with Crippen LogP contribution < -0.4 is 10.6 Å². The van der Waals surface area contributed by atoms with Gasteiger partial charge in [-0.05, 0) is 32.1 Å². The van der Waals surface area contributed by atoms with Crippen molar-refractivity contribution in [3.63, 3.8) is 0 Å². The smallest absolute Gasteiger partial charge is 0.191 e. The first kappa shape index (κ1) is 17.7. The lowest BCUT2D eigenvalue weighted by Gasteiger charge is -2.15. The molecule has 1 aliphatic rings. The van der Waals surface area contributed by atoms with E-state index in [2.05, 4.69) is 21.7 Å². The van der Waals surface area contributed by atoms with Crippen molar-refractivity contribution in [1.82, 2.24) is 10.6 Å². The predicted octanol–water partition coefficient (Wildman–Crippen LogP) is 2.31. The minimum Gasteiger partial charge on any atom is -0.383 e. The van der Waals surface area contributed by atoms with E-state index in [1.807, 2.05) is 0 Å². The third-order valence-electron chi connectivity index (χ3n) is 2.95. The molecule has 106 valence electrons. The lowest BCUT2D eigenvalue weighted by Crippen LogP contribution is -2.39. The van der Waals surface area contributed by atoms with Gasteiger partial charge in [0.25, 0.3) is 0 Å². The predicted molar refractivity (Wildman–Crippen MR) is 87.8 cm³/mol. The number of nitrogens with one attached hydrogen (secondary N) is 2. The van der Waals surface area contributed by atoms with E-state index < -0.39 is 0 Å². The highest BCUT2D eigenvalue weighted by molar-refractivity contribution is 14.0. The minimum absolute atomic E-state index is 0. The summed E-state index contributed by atoms with van der Waals surface area (Å²) in [5.74, 6) is 0.860. The SMILES string of the molecule is CN=C(NCCOC)NCCC1=CCCCC1.I. The first-order valence-electron chi connectivity index (χ1n) is 6.48. The van der Waals surface area contributed by atoms with Gasteiger partial charge in [0.1, 0.15) is 0 Å². The standard InChI is InChI=1S/C13H25N3O.HI/c1-14-13(16-10-11-17-2)15-9-8-12-6-4-3-5-7-12;/h6H,3-5,7-11H2,1-2H3,(H2,14,15,16);1H.